The Morgan fingerprint density at radius 3 is 2.55 bits per heavy atom. The minimum absolute atomic E-state index is 0.0322. The maximum absolute atomic E-state index is 12.0. The topological polar surface area (TPSA) is 112 Å². The van der Waals surface area contributed by atoms with Crippen LogP contribution in [0.4, 0.5) is 17.2 Å². The van der Waals surface area contributed by atoms with Crippen LogP contribution in [0.3, 0.4) is 0 Å². The number of nitro benzene ring substituents is 1. The standard InChI is InChI=1S/C22H19N5O4.C2H6/c1-3-26-9-8-17(12-21(26)28)31-20-7-4-15(10-14(20)2)25-22-18-11-16(27(29)30)5-6-19(18)23-13-24-22;1-2/h4-13H,3H2,1-2H3,(H,23,24,25);1-2H3. The highest BCUT2D eigenvalue weighted by Crippen LogP contribution is 2.30. The van der Waals surface area contributed by atoms with E-state index in [4.69, 9.17) is 4.74 Å². The predicted octanol–water partition coefficient (Wildman–Crippen LogP) is 5.59. The van der Waals surface area contributed by atoms with Gasteiger partial charge in [-0.25, -0.2) is 9.97 Å². The van der Waals surface area contributed by atoms with Gasteiger partial charge in [-0.1, -0.05) is 13.8 Å². The van der Waals surface area contributed by atoms with Gasteiger partial charge in [-0.15, -0.1) is 0 Å². The first kappa shape index (κ1) is 23.4. The van der Waals surface area contributed by atoms with Gasteiger partial charge in [0.1, 0.15) is 23.6 Å². The van der Waals surface area contributed by atoms with E-state index in [0.717, 1.165) is 11.3 Å². The molecule has 0 aliphatic rings. The number of hydrogen-bond acceptors (Lipinski definition) is 7. The third-order valence-electron chi connectivity index (χ3n) is 4.80. The summed E-state index contributed by atoms with van der Waals surface area (Å²) in [5, 5.41) is 14.8. The molecule has 0 aliphatic carbocycles. The van der Waals surface area contributed by atoms with E-state index in [9.17, 15) is 14.9 Å². The zero-order chi connectivity index (χ0) is 24.0. The summed E-state index contributed by atoms with van der Waals surface area (Å²) in [5.41, 5.74) is 2.02. The Bertz CT molecular complexity index is 1350. The van der Waals surface area contributed by atoms with Crippen LogP contribution in [0, 0.1) is 17.0 Å². The van der Waals surface area contributed by atoms with Crippen LogP contribution in [-0.2, 0) is 6.54 Å². The zero-order valence-electron chi connectivity index (χ0n) is 18.9. The molecule has 4 rings (SSSR count). The molecule has 1 N–H and O–H groups in total. The molecule has 0 radical (unpaired) electrons. The summed E-state index contributed by atoms with van der Waals surface area (Å²) in [5.74, 6) is 1.54. The van der Waals surface area contributed by atoms with Crippen molar-refractivity contribution in [1.82, 2.24) is 14.5 Å². The van der Waals surface area contributed by atoms with Crippen LogP contribution in [0.5, 0.6) is 11.5 Å². The van der Waals surface area contributed by atoms with E-state index in [1.807, 2.05) is 33.8 Å². The molecule has 0 spiro atoms. The summed E-state index contributed by atoms with van der Waals surface area (Å²) >= 11 is 0. The Kier molecular flexibility index (Phi) is 7.34. The van der Waals surface area contributed by atoms with Crippen LogP contribution >= 0.6 is 0 Å². The van der Waals surface area contributed by atoms with Gasteiger partial charge in [-0.2, -0.15) is 0 Å². The fourth-order valence-electron chi connectivity index (χ4n) is 3.18. The Hall–Kier alpha value is -4.27. The second kappa shape index (κ2) is 10.4. The number of anilines is 2. The van der Waals surface area contributed by atoms with Crippen LogP contribution in [-0.4, -0.2) is 19.5 Å². The molecule has 2 aromatic heterocycles. The monoisotopic (exact) mass is 447 g/mol. The van der Waals surface area contributed by atoms with Gasteiger partial charge < -0.3 is 14.6 Å². The highest BCUT2D eigenvalue weighted by atomic mass is 16.6. The van der Waals surface area contributed by atoms with Gasteiger partial charge in [-0.3, -0.25) is 14.9 Å². The van der Waals surface area contributed by atoms with Crippen molar-refractivity contribution in [2.45, 2.75) is 34.2 Å². The van der Waals surface area contributed by atoms with E-state index < -0.39 is 4.92 Å². The molecule has 0 bridgehead atoms. The average Bonchev–Trinajstić information content (AvgIpc) is 2.82. The van der Waals surface area contributed by atoms with E-state index >= 15 is 0 Å². The molecule has 0 aliphatic heterocycles. The maximum atomic E-state index is 12.0. The lowest BCUT2D eigenvalue weighted by molar-refractivity contribution is -0.384. The molecule has 0 atom stereocenters. The predicted molar refractivity (Wildman–Crippen MR) is 128 cm³/mol. The van der Waals surface area contributed by atoms with E-state index in [1.165, 1.54) is 24.5 Å². The third kappa shape index (κ3) is 5.32. The molecule has 0 unspecified atom stereocenters. The smallest absolute Gasteiger partial charge is 0.270 e. The molecule has 9 heteroatoms. The Balaban J connectivity index is 0.00000149. The molecule has 4 aromatic rings. The first-order valence-electron chi connectivity index (χ1n) is 10.6. The summed E-state index contributed by atoms with van der Waals surface area (Å²) in [6.45, 7) is 8.38. The highest BCUT2D eigenvalue weighted by molar-refractivity contribution is 5.92. The van der Waals surface area contributed by atoms with Crippen LogP contribution in [0.1, 0.15) is 26.3 Å². The Labute approximate surface area is 190 Å². The number of nitro groups is 1. The highest BCUT2D eigenvalue weighted by Gasteiger charge is 2.12. The van der Waals surface area contributed by atoms with Gasteiger partial charge >= 0.3 is 0 Å². The van der Waals surface area contributed by atoms with Crippen LogP contribution in [0.15, 0.2) is 65.8 Å². The minimum atomic E-state index is -0.453. The minimum Gasteiger partial charge on any atom is -0.457 e. The lowest BCUT2D eigenvalue weighted by Crippen LogP contribution is -2.16. The second-order valence-electron chi connectivity index (χ2n) is 6.87. The van der Waals surface area contributed by atoms with Gasteiger partial charge in [0.2, 0.25) is 0 Å². The van der Waals surface area contributed by atoms with Crippen molar-refractivity contribution in [2.75, 3.05) is 5.32 Å². The number of fused-ring (bicyclic) bond motifs is 1. The lowest BCUT2D eigenvalue weighted by Gasteiger charge is -2.13. The molecular formula is C24H25N5O4. The van der Waals surface area contributed by atoms with Crippen LogP contribution in [0.2, 0.25) is 0 Å². The van der Waals surface area contributed by atoms with E-state index in [0.29, 0.717) is 34.8 Å². The van der Waals surface area contributed by atoms with Crippen molar-refractivity contribution < 1.29 is 9.66 Å². The molecule has 0 amide bonds. The first-order chi connectivity index (χ1) is 15.9. The number of rotatable bonds is 6. The van der Waals surface area contributed by atoms with Gasteiger partial charge in [-0.05, 0) is 49.7 Å². The maximum Gasteiger partial charge on any atom is 0.270 e. The van der Waals surface area contributed by atoms with Gasteiger partial charge in [0.15, 0.2) is 0 Å². The van der Waals surface area contributed by atoms with Crippen LogP contribution in [0.25, 0.3) is 10.9 Å². The Morgan fingerprint density at radius 2 is 1.88 bits per heavy atom. The van der Waals surface area contributed by atoms with Gasteiger partial charge in [0, 0.05) is 42.0 Å². The van der Waals surface area contributed by atoms with Crippen molar-refractivity contribution >= 4 is 28.1 Å². The lowest BCUT2D eigenvalue weighted by atomic mass is 10.1. The number of pyridine rings is 1. The third-order valence-corrected chi connectivity index (χ3v) is 4.80. The van der Waals surface area contributed by atoms with Crippen molar-refractivity contribution in [1.29, 1.82) is 0 Å². The van der Waals surface area contributed by atoms with Crippen LogP contribution < -0.4 is 15.6 Å². The summed E-state index contributed by atoms with van der Waals surface area (Å²) in [6, 6.07) is 13.1. The molecule has 0 saturated heterocycles. The molecule has 2 aromatic carbocycles. The summed E-state index contributed by atoms with van der Waals surface area (Å²) in [4.78, 5) is 31.1. The second-order valence-corrected chi connectivity index (χ2v) is 6.87. The number of non-ortho nitro benzene ring substituents is 1. The van der Waals surface area contributed by atoms with Gasteiger partial charge in [0.05, 0.1) is 10.4 Å². The van der Waals surface area contributed by atoms with Crippen molar-refractivity contribution in [3.8, 4) is 11.5 Å². The molecular weight excluding hydrogens is 422 g/mol. The SMILES string of the molecule is CC.CCn1ccc(Oc2ccc(Nc3ncnc4ccc([N+](=O)[O-])cc34)cc2C)cc1=O. The van der Waals surface area contributed by atoms with Crippen molar-refractivity contribution in [2.24, 2.45) is 0 Å². The van der Waals surface area contributed by atoms with E-state index in [2.05, 4.69) is 15.3 Å². The molecule has 2 heterocycles. The van der Waals surface area contributed by atoms with E-state index in [1.54, 1.807) is 35.0 Å². The summed E-state index contributed by atoms with van der Waals surface area (Å²) < 4.78 is 7.45. The van der Waals surface area contributed by atoms with E-state index in [-0.39, 0.29) is 11.2 Å². The van der Waals surface area contributed by atoms with Crippen molar-refractivity contribution in [3.63, 3.8) is 0 Å². The number of nitrogens with one attached hydrogen (secondary N) is 1. The fraction of sp³-hybridized carbons (Fsp3) is 0.208. The number of ether oxygens (including phenoxy) is 1. The number of nitrogens with zero attached hydrogens (tertiary/aromatic N) is 4. The number of aromatic nitrogens is 3. The molecule has 9 nitrogen and oxygen atoms in total. The molecule has 33 heavy (non-hydrogen) atoms. The van der Waals surface area contributed by atoms with Crippen molar-refractivity contribution in [3.05, 3.63) is 87.1 Å². The largest absolute Gasteiger partial charge is 0.457 e. The summed E-state index contributed by atoms with van der Waals surface area (Å²) in [7, 11) is 0. The normalized spacial score (nSPS) is 10.3. The number of aryl methyl sites for hydroxylation is 2. The average molecular weight is 447 g/mol. The number of hydrogen-bond donors (Lipinski definition) is 1. The first-order valence-corrected chi connectivity index (χ1v) is 10.6. The quantitative estimate of drug-likeness (QED) is 0.303. The fourth-order valence-corrected chi connectivity index (χ4v) is 3.18. The Morgan fingerprint density at radius 1 is 1.09 bits per heavy atom. The molecule has 0 saturated carbocycles. The molecule has 0 fully saturated rings. The number of benzene rings is 2. The van der Waals surface area contributed by atoms with Gasteiger partial charge in [0.25, 0.3) is 11.2 Å². The molecule has 170 valence electrons. The summed E-state index contributed by atoms with van der Waals surface area (Å²) in [6.07, 6.45) is 3.10. The zero-order valence-corrected chi connectivity index (χ0v) is 18.9.